The molecule has 0 aromatic heterocycles. The average molecular weight is 376 g/mol. The van der Waals surface area contributed by atoms with Gasteiger partial charge in [0.15, 0.2) is 0 Å². The quantitative estimate of drug-likeness (QED) is 0.843. The average Bonchev–Trinajstić information content (AvgIpc) is 2.70. The first-order chi connectivity index (χ1) is 8.48. The standard InChI is InChI=1S/C13H16Br2N2O/c14-9-3-4-10(15)11(7-9)17-12(18)8-13(16)5-1-2-6-13/h3-4,7H,1-2,5-6,8,16H2,(H,17,18). The topological polar surface area (TPSA) is 55.1 Å². The van der Waals surface area contributed by atoms with Gasteiger partial charge in [0.05, 0.1) is 5.69 Å². The second kappa shape index (κ2) is 5.72. The van der Waals surface area contributed by atoms with E-state index in [-0.39, 0.29) is 11.4 Å². The molecule has 1 aromatic rings. The maximum Gasteiger partial charge on any atom is 0.226 e. The lowest BCUT2D eigenvalue weighted by Crippen LogP contribution is -2.40. The third-order valence-corrected chi connectivity index (χ3v) is 4.50. The highest BCUT2D eigenvalue weighted by molar-refractivity contribution is 9.11. The summed E-state index contributed by atoms with van der Waals surface area (Å²) >= 11 is 6.81. The van der Waals surface area contributed by atoms with Crippen molar-refractivity contribution >= 4 is 43.5 Å². The van der Waals surface area contributed by atoms with E-state index in [1.807, 2.05) is 18.2 Å². The summed E-state index contributed by atoms with van der Waals surface area (Å²) in [4.78, 5) is 12.0. The molecule has 1 aromatic carbocycles. The molecule has 0 bridgehead atoms. The predicted octanol–water partition coefficient (Wildman–Crippen LogP) is 3.81. The zero-order valence-electron chi connectivity index (χ0n) is 10.0. The van der Waals surface area contributed by atoms with Crippen LogP contribution in [0.4, 0.5) is 5.69 Å². The van der Waals surface area contributed by atoms with Crippen LogP contribution in [0.25, 0.3) is 0 Å². The van der Waals surface area contributed by atoms with E-state index in [9.17, 15) is 4.79 Å². The molecule has 98 valence electrons. The second-order valence-electron chi connectivity index (χ2n) is 4.92. The first-order valence-electron chi connectivity index (χ1n) is 6.02. The van der Waals surface area contributed by atoms with Gasteiger partial charge < -0.3 is 11.1 Å². The lowest BCUT2D eigenvalue weighted by Gasteiger charge is -2.22. The molecule has 1 amide bonds. The first kappa shape index (κ1) is 14.0. The minimum Gasteiger partial charge on any atom is -0.325 e. The van der Waals surface area contributed by atoms with Gasteiger partial charge in [-0.3, -0.25) is 4.79 Å². The van der Waals surface area contributed by atoms with Crippen LogP contribution in [0, 0.1) is 0 Å². The number of benzene rings is 1. The second-order valence-corrected chi connectivity index (χ2v) is 6.69. The van der Waals surface area contributed by atoms with Crippen molar-refractivity contribution < 1.29 is 4.79 Å². The molecule has 0 radical (unpaired) electrons. The van der Waals surface area contributed by atoms with Crippen LogP contribution in [-0.4, -0.2) is 11.4 Å². The highest BCUT2D eigenvalue weighted by atomic mass is 79.9. The summed E-state index contributed by atoms with van der Waals surface area (Å²) in [5, 5.41) is 2.91. The Morgan fingerprint density at radius 1 is 1.33 bits per heavy atom. The van der Waals surface area contributed by atoms with Crippen molar-refractivity contribution in [3.8, 4) is 0 Å². The van der Waals surface area contributed by atoms with E-state index in [1.54, 1.807) is 0 Å². The normalized spacial score (nSPS) is 17.7. The number of hydrogen-bond acceptors (Lipinski definition) is 2. The van der Waals surface area contributed by atoms with Gasteiger partial charge in [-0.2, -0.15) is 0 Å². The molecular formula is C13H16Br2N2O. The Balaban J connectivity index is 2.00. The number of rotatable bonds is 3. The van der Waals surface area contributed by atoms with E-state index in [4.69, 9.17) is 5.73 Å². The molecular weight excluding hydrogens is 360 g/mol. The van der Waals surface area contributed by atoms with E-state index in [0.717, 1.165) is 40.3 Å². The van der Waals surface area contributed by atoms with E-state index in [1.165, 1.54) is 0 Å². The number of hydrogen-bond donors (Lipinski definition) is 2. The number of halogens is 2. The summed E-state index contributed by atoms with van der Waals surface area (Å²) in [5.41, 5.74) is 6.67. The monoisotopic (exact) mass is 374 g/mol. The van der Waals surface area contributed by atoms with Crippen molar-refractivity contribution in [2.24, 2.45) is 5.73 Å². The SMILES string of the molecule is NC1(CC(=O)Nc2cc(Br)ccc2Br)CCCC1. The first-order valence-corrected chi connectivity index (χ1v) is 7.61. The molecule has 0 heterocycles. The van der Waals surface area contributed by atoms with Gasteiger partial charge in [-0.05, 0) is 47.0 Å². The van der Waals surface area contributed by atoms with Crippen molar-refractivity contribution in [1.29, 1.82) is 0 Å². The van der Waals surface area contributed by atoms with Crippen LogP contribution in [0.15, 0.2) is 27.1 Å². The summed E-state index contributed by atoms with van der Waals surface area (Å²) < 4.78 is 1.81. The minimum atomic E-state index is -0.303. The lowest BCUT2D eigenvalue weighted by molar-refractivity contribution is -0.117. The fraction of sp³-hybridized carbons (Fsp3) is 0.462. The molecule has 1 fully saturated rings. The molecule has 1 aliphatic carbocycles. The van der Waals surface area contributed by atoms with Gasteiger partial charge in [0, 0.05) is 20.9 Å². The third kappa shape index (κ3) is 3.56. The maximum absolute atomic E-state index is 12.0. The maximum atomic E-state index is 12.0. The van der Waals surface area contributed by atoms with Crippen LogP contribution in [0.3, 0.4) is 0 Å². The molecule has 0 atom stereocenters. The number of nitrogens with one attached hydrogen (secondary N) is 1. The van der Waals surface area contributed by atoms with Crippen LogP contribution in [0.1, 0.15) is 32.1 Å². The smallest absolute Gasteiger partial charge is 0.226 e. The zero-order chi connectivity index (χ0) is 13.2. The molecule has 1 saturated carbocycles. The van der Waals surface area contributed by atoms with E-state index in [2.05, 4.69) is 37.2 Å². The number of nitrogens with two attached hydrogens (primary N) is 1. The Kier molecular flexibility index (Phi) is 4.45. The Labute approximate surface area is 124 Å². The highest BCUT2D eigenvalue weighted by Crippen LogP contribution is 2.31. The molecule has 3 N–H and O–H groups in total. The van der Waals surface area contributed by atoms with Gasteiger partial charge in [-0.15, -0.1) is 0 Å². The van der Waals surface area contributed by atoms with Crippen molar-refractivity contribution in [3.63, 3.8) is 0 Å². The van der Waals surface area contributed by atoms with Gasteiger partial charge in [-0.1, -0.05) is 28.8 Å². The van der Waals surface area contributed by atoms with Gasteiger partial charge in [0.1, 0.15) is 0 Å². The minimum absolute atomic E-state index is 0.0156. The van der Waals surface area contributed by atoms with E-state index < -0.39 is 0 Å². The summed E-state index contributed by atoms with van der Waals surface area (Å²) in [6.45, 7) is 0. The Morgan fingerprint density at radius 2 is 2.00 bits per heavy atom. The number of anilines is 1. The molecule has 18 heavy (non-hydrogen) atoms. The van der Waals surface area contributed by atoms with Crippen LogP contribution < -0.4 is 11.1 Å². The number of carbonyl (C=O) groups excluding carboxylic acids is 1. The third-order valence-electron chi connectivity index (χ3n) is 3.31. The van der Waals surface area contributed by atoms with Crippen molar-refractivity contribution in [3.05, 3.63) is 27.1 Å². The van der Waals surface area contributed by atoms with E-state index in [0.29, 0.717) is 6.42 Å². The molecule has 0 saturated heterocycles. The molecule has 0 unspecified atom stereocenters. The van der Waals surface area contributed by atoms with Crippen LogP contribution in [0.2, 0.25) is 0 Å². The molecule has 0 aliphatic heterocycles. The van der Waals surface area contributed by atoms with Crippen molar-refractivity contribution in [1.82, 2.24) is 0 Å². The van der Waals surface area contributed by atoms with Crippen LogP contribution in [0.5, 0.6) is 0 Å². The van der Waals surface area contributed by atoms with Crippen LogP contribution in [-0.2, 0) is 4.79 Å². The van der Waals surface area contributed by atoms with Gasteiger partial charge in [-0.25, -0.2) is 0 Å². The number of amides is 1. The fourth-order valence-electron chi connectivity index (χ4n) is 2.36. The fourth-order valence-corrected chi connectivity index (χ4v) is 3.07. The van der Waals surface area contributed by atoms with Gasteiger partial charge in [0.2, 0.25) is 5.91 Å². The summed E-state index contributed by atoms with van der Waals surface area (Å²) in [6, 6.07) is 5.69. The summed E-state index contributed by atoms with van der Waals surface area (Å²) in [5.74, 6) is -0.0156. The number of carbonyl (C=O) groups is 1. The van der Waals surface area contributed by atoms with Crippen molar-refractivity contribution in [2.45, 2.75) is 37.6 Å². The Morgan fingerprint density at radius 3 is 2.67 bits per heavy atom. The Bertz CT molecular complexity index is 456. The molecule has 3 nitrogen and oxygen atoms in total. The molecule has 0 spiro atoms. The summed E-state index contributed by atoms with van der Waals surface area (Å²) in [7, 11) is 0. The van der Waals surface area contributed by atoms with Crippen molar-refractivity contribution in [2.75, 3.05) is 5.32 Å². The van der Waals surface area contributed by atoms with Crippen LogP contribution >= 0.6 is 31.9 Å². The van der Waals surface area contributed by atoms with Gasteiger partial charge in [0.25, 0.3) is 0 Å². The molecule has 1 aliphatic rings. The molecule has 2 rings (SSSR count). The molecule has 5 heteroatoms. The van der Waals surface area contributed by atoms with Gasteiger partial charge >= 0.3 is 0 Å². The summed E-state index contributed by atoms with van der Waals surface area (Å²) in [6.07, 6.45) is 4.54. The highest BCUT2D eigenvalue weighted by Gasteiger charge is 2.31. The predicted molar refractivity (Wildman–Crippen MR) is 80.5 cm³/mol. The lowest BCUT2D eigenvalue weighted by atomic mass is 9.94. The van der Waals surface area contributed by atoms with E-state index >= 15 is 0 Å². The zero-order valence-corrected chi connectivity index (χ0v) is 13.2. The Hall–Kier alpha value is -0.390. The largest absolute Gasteiger partial charge is 0.325 e.